The van der Waals surface area contributed by atoms with Gasteiger partial charge in [0.05, 0.1) is 18.8 Å². The van der Waals surface area contributed by atoms with Gasteiger partial charge in [0.15, 0.2) is 5.96 Å². The molecule has 0 bridgehead atoms. The third-order valence-electron chi connectivity index (χ3n) is 8.04. The van der Waals surface area contributed by atoms with Crippen molar-refractivity contribution in [2.45, 2.75) is 94.4 Å². The van der Waals surface area contributed by atoms with Gasteiger partial charge >= 0.3 is 0 Å². The minimum atomic E-state index is -1.56. The van der Waals surface area contributed by atoms with E-state index in [0.29, 0.717) is 18.4 Å². The van der Waals surface area contributed by atoms with Gasteiger partial charge in [-0.1, -0.05) is 30.3 Å². The first kappa shape index (κ1) is 41.3. The number of rotatable bonds is 19. The maximum atomic E-state index is 13.8. The molecule has 0 saturated carbocycles. The molecule has 6 amide bonds. The molecule has 8 atom stereocenters. The van der Waals surface area contributed by atoms with Gasteiger partial charge in [0.2, 0.25) is 35.4 Å². The van der Waals surface area contributed by atoms with Gasteiger partial charge in [-0.25, -0.2) is 0 Å². The summed E-state index contributed by atoms with van der Waals surface area (Å²) in [5.41, 5.74) is 22.3. The van der Waals surface area contributed by atoms with Crippen LogP contribution in [0, 0.1) is 0 Å². The number of nitrogens with two attached hydrogens (primary N) is 4. The van der Waals surface area contributed by atoms with E-state index in [1.807, 2.05) is 0 Å². The topological polar surface area (TPSA) is 331 Å². The number of benzene rings is 1. The van der Waals surface area contributed by atoms with Crippen LogP contribution >= 0.6 is 0 Å². The van der Waals surface area contributed by atoms with Crippen molar-refractivity contribution in [2.75, 3.05) is 19.7 Å². The van der Waals surface area contributed by atoms with Crippen LogP contribution in [0.4, 0.5) is 0 Å². The van der Waals surface area contributed by atoms with E-state index in [-0.39, 0.29) is 38.3 Å². The molecule has 15 N–H and O–H groups in total. The molecule has 0 unspecified atom stereocenters. The van der Waals surface area contributed by atoms with Crippen molar-refractivity contribution in [1.29, 1.82) is 0 Å². The number of guanidine groups is 1. The molecule has 0 aromatic heterocycles. The highest BCUT2D eigenvalue weighted by Gasteiger charge is 2.41. The number of primary amides is 1. The summed E-state index contributed by atoms with van der Waals surface area (Å²) in [6.07, 6.45) is -1.69. The summed E-state index contributed by atoms with van der Waals surface area (Å²) >= 11 is 0. The average molecular weight is 707 g/mol. The second-order valence-electron chi connectivity index (χ2n) is 12.1. The molecule has 0 aliphatic carbocycles. The van der Waals surface area contributed by atoms with Crippen LogP contribution in [-0.4, -0.2) is 130 Å². The Balaban J connectivity index is 2.23. The number of aliphatic hydroxyl groups is 3. The van der Waals surface area contributed by atoms with E-state index in [4.69, 9.17) is 22.9 Å². The summed E-state index contributed by atoms with van der Waals surface area (Å²) < 4.78 is 0. The third-order valence-corrected chi connectivity index (χ3v) is 8.04. The summed E-state index contributed by atoms with van der Waals surface area (Å²) in [7, 11) is 0. The van der Waals surface area contributed by atoms with E-state index in [1.54, 1.807) is 30.3 Å². The molecule has 1 aromatic rings. The number of hydrogen-bond donors (Lipinski definition) is 11. The maximum Gasteiger partial charge on any atom is 0.248 e. The molecule has 19 nitrogen and oxygen atoms in total. The van der Waals surface area contributed by atoms with Crippen LogP contribution in [0.3, 0.4) is 0 Å². The van der Waals surface area contributed by atoms with Gasteiger partial charge in [0.25, 0.3) is 0 Å². The number of nitrogens with one attached hydrogen (secondary N) is 4. The Labute approximate surface area is 289 Å². The standard InChI is InChI=1S/C31H50N10O9/c1-16(43)23(32)29(49)39-21(15-42)27(47)38-20(14-18-8-4-3-5-9-18)26(46)40-24(17(2)44)30(50)41-13-7-11-22(41)28(48)37-19(25(33)45)10-6-12-36-31(34)35/h3-5,8-9,16-17,19-24,42-44H,6-7,10-15,32H2,1-2H3,(H2,33,45)(H,37,48)(H,38,47)(H,39,49)(H,40,46)(H4,34,35,36)/t16-,17-,19+,20+,21+,22+,23+,24+/m1/s1. The fourth-order valence-corrected chi connectivity index (χ4v) is 5.19. The Kier molecular flexibility index (Phi) is 16.5. The van der Waals surface area contributed by atoms with Gasteiger partial charge in [-0.3, -0.25) is 33.8 Å². The van der Waals surface area contributed by atoms with Crippen molar-refractivity contribution in [3.05, 3.63) is 35.9 Å². The number of carbonyl (C=O) groups is 6. The largest absolute Gasteiger partial charge is 0.394 e. The SMILES string of the molecule is C[C@@H](O)[C@H](N)C(=O)N[C@@H](CO)C(=O)N[C@@H](Cc1ccccc1)C(=O)N[C@H](C(=O)N1CCC[C@H]1C(=O)N[C@@H](CCCN=C(N)N)C(N)=O)[C@@H](C)O. The van der Waals surface area contributed by atoms with Crippen LogP contribution in [0.5, 0.6) is 0 Å². The molecular formula is C31H50N10O9. The summed E-state index contributed by atoms with van der Waals surface area (Å²) in [5, 5.41) is 39.8. The number of carbonyl (C=O) groups excluding carboxylic acids is 6. The fraction of sp³-hybridized carbons (Fsp3) is 0.581. The highest BCUT2D eigenvalue weighted by molar-refractivity contribution is 5.97. The van der Waals surface area contributed by atoms with Crippen molar-refractivity contribution >= 4 is 41.4 Å². The number of nitrogens with zero attached hydrogens (tertiary/aromatic N) is 2. The molecule has 2 rings (SSSR count). The monoisotopic (exact) mass is 706 g/mol. The lowest BCUT2D eigenvalue weighted by Gasteiger charge is -2.31. The molecule has 1 aliphatic heterocycles. The Morgan fingerprint density at radius 2 is 1.50 bits per heavy atom. The summed E-state index contributed by atoms with van der Waals surface area (Å²) in [6, 6.07) is 0.526. The Morgan fingerprint density at radius 3 is 2.06 bits per heavy atom. The molecule has 1 aliphatic rings. The van der Waals surface area contributed by atoms with Gasteiger partial charge in [-0.15, -0.1) is 0 Å². The number of amides is 6. The van der Waals surface area contributed by atoms with E-state index in [1.165, 1.54) is 18.7 Å². The van der Waals surface area contributed by atoms with E-state index < -0.39 is 90.5 Å². The van der Waals surface area contributed by atoms with E-state index in [0.717, 1.165) is 0 Å². The quantitative estimate of drug-likeness (QED) is 0.0365. The van der Waals surface area contributed by atoms with Crippen LogP contribution in [0.2, 0.25) is 0 Å². The predicted molar refractivity (Wildman–Crippen MR) is 180 cm³/mol. The average Bonchev–Trinajstić information content (AvgIpc) is 3.56. The minimum Gasteiger partial charge on any atom is -0.394 e. The first-order chi connectivity index (χ1) is 23.6. The van der Waals surface area contributed by atoms with Gasteiger partial charge in [0, 0.05) is 19.5 Å². The molecule has 1 heterocycles. The van der Waals surface area contributed by atoms with Crippen LogP contribution in [0.25, 0.3) is 0 Å². The zero-order valence-corrected chi connectivity index (χ0v) is 28.2. The molecule has 1 aromatic carbocycles. The van der Waals surface area contributed by atoms with E-state index in [2.05, 4.69) is 26.3 Å². The third kappa shape index (κ3) is 12.6. The van der Waals surface area contributed by atoms with Crippen LogP contribution in [0.15, 0.2) is 35.3 Å². The van der Waals surface area contributed by atoms with E-state index in [9.17, 15) is 44.1 Å². The molecule has 0 spiro atoms. The van der Waals surface area contributed by atoms with E-state index >= 15 is 0 Å². The molecule has 0 radical (unpaired) electrons. The van der Waals surface area contributed by atoms with Crippen molar-refractivity contribution in [2.24, 2.45) is 27.9 Å². The summed E-state index contributed by atoms with van der Waals surface area (Å²) in [6.45, 7) is 1.97. The smallest absolute Gasteiger partial charge is 0.248 e. The van der Waals surface area contributed by atoms with Crippen LogP contribution in [-0.2, 0) is 35.2 Å². The van der Waals surface area contributed by atoms with Crippen LogP contribution in [0.1, 0.15) is 45.1 Å². The number of likely N-dealkylation sites (tertiary alicyclic amines) is 1. The summed E-state index contributed by atoms with van der Waals surface area (Å²) in [4.78, 5) is 83.3. The second kappa shape index (κ2) is 20.0. The maximum absolute atomic E-state index is 13.8. The van der Waals surface area contributed by atoms with Crippen LogP contribution < -0.4 is 44.2 Å². The zero-order chi connectivity index (χ0) is 37.5. The molecule has 278 valence electrons. The lowest BCUT2D eigenvalue weighted by molar-refractivity contribution is -0.144. The van der Waals surface area contributed by atoms with Crippen molar-refractivity contribution < 1.29 is 44.1 Å². The van der Waals surface area contributed by atoms with Gasteiger partial charge in [-0.05, 0) is 45.1 Å². The number of aliphatic imine (C=N–C) groups is 1. The molecular weight excluding hydrogens is 656 g/mol. The fourth-order valence-electron chi connectivity index (χ4n) is 5.19. The predicted octanol–water partition coefficient (Wildman–Crippen LogP) is -5.22. The van der Waals surface area contributed by atoms with Crippen molar-refractivity contribution in [3.63, 3.8) is 0 Å². The lowest BCUT2D eigenvalue weighted by atomic mass is 10.0. The number of aliphatic hydroxyl groups excluding tert-OH is 3. The van der Waals surface area contributed by atoms with Crippen molar-refractivity contribution in [3.8, 4) is 0 Å². The first-order valence-electron chi connectivity index (χ1n) is 16.2. The Bertz CT molecular complexity index is 1360. The minimum absolute atomic E-state index is 0.0924. The van der Waals surface area contributed by atoms with Crippen molar-refractivity contribution in [1.82, 2.24) is 26.2 Å². The normalized spacial score (nSPS) is 18.3. The molecule has 1 saturated heterocycles. The summed E-state index contributed by atoms with van der Waals surface area (Å²) in [5.74, 6) is -5.14. The Hall–Kier alpha value is -4.85. The van der Waals surface area contributed by atoms with Gasteiger partial charge < -0.3 is 64.4 Å². The highest BCUT2D eigenvalue weighted by atomic mass is 16.3. The van der Waals surface area contributed by atoms with Gasteiger partial charge in [-0.2, -0.15) is 0 Å². The molecule has 19 heteroatoms. The first-order valence-corrected chi connectivity index (χ1v) is 16.2. The Morgan fingerprint density at radius 1 is 0.880 bits per heavy atom. The highest BCUT2D eigenvalue weighted by Crippen LogP contribution is 2.20. The molecule has 50 heavy (non-hydrogen) atoms. The second-order valence-corrected chi connectivity index (χ2v) is 12.1. The number of hydrogen-bond acceptors (Lipinski definition) is 11. The lowest BCUT2D eigenvalue weighted by Crippen LogP contribution is -2.62. The molecule has 1 fully saturated rings. The zero-order valence-electron chi connectivity index (χ0n) is 28.2. The van der Waals surface area contributed by atoms with Gasteiger partial charge in [0.1, 0.15) is 36.3 Å².